The molecule has 94 valence electrons. The second kappa shape index (κ2) is 4.90. The van der Waals surface area contributed by atoms with Gasteiger partial charge in [-0.1, -0.05) is 28.1 Å². The Labute approximate surface area is 116 Å². The average Bonchev–Trinajstić information content (AvgIpc) is 3.12. The van der Waals surface area contributed by atoms with Crippen molar-refractivity contribution in [3.05, 3.63) is 58.3 Å². The first-order valence-corrected chi connectivity index (χ1v) is 7.17. The number of aromatic nitrogens is 1. The third-order valence-electron chi connectivity index (χ3n) is 3.57. The predicted octanol–water partition coefficient (Wildman–Crippen LogP) is 3.71. The highest BCUT2D eigenvalue weighted by atomic mass is 79.9. The van der Waals surface area contributed by atoms with Gasteiger partial charge in [-0.2, -0.15) is 0 Å². The van der Waals surface area contributed by atoms with Gasteiger partial charge in [-0.05, 0) is 48.1 Å². The van der Waals surface area contributed by atoms with E-state index in [2.05, 4.69) is 63.2 Å². The zero-order valence-corrected chi connectivity index (χ0v) is 11.8. The molecule has 1 unspecified atom stereocenters. The van der Waals surface area contributed by atoms with Crippen LogP contribution in [0.3, 0.4) is 0 Å². The zero-order chi connectivity index (χ0) is 12.5. The number of hydrogen-bond donors (Lipinski definition) is 1. The van der Waals surface area contributed by atoms with Gasteiger partial charge in [0.15, 0.2) is 0 Å². The van der Waals surface area contributed by atoms with Crippen molar-refractivity contribution in [3.8, 4) is 0 Å². The number of nitrogens with zero attached hydrogens (tertiary/aromatic N) is 1. The molecule has 0 radical (unpaired) electrons. The molecular formula is C15H17BrN2. The standard InChI is InChI=1S/C15H17BrN2/c16-14-5-1-11(2-6-14)9-18-8-7-13(10-18)15(17)12-3-4-12/h1-2,5-8,10,12,15H,3-4,9,17H2. The summed E-state index contributed by atoms with van der Waals surface area (Å²) in [4.78, 5) is 0. The van der Waals surface area contributed by atoms with Crippen molar-refractivity contribution < 1.29 is 0 Å². The van der Waals surface area contributed by atoms with Crippen molar-refractivity contribution in [1.82, 2.24) is 4.57 Å². The molecule has 18 heavy (non-hydrogen) atoms. The Bertz CT molecular complexity index is 526. The fraction of sp³-hybridized carbons (Fsp3) is 0.333. The number of benzene rings is 1. The van der Waals surface area contributed by atoms with Gasteiger partial charge in [0.1, 0.15) is 0 Å². The number of hydrogen-bond acceptors (Lipinski definition) is 1. The van der Waals surface area contributed by atoms with Gasteiger partial charge in [0.25, 0.3) is 0 Å². The fourth-order valence-electron chi connectivity index (χ4n) is 2.28. The lowest BCUT2D eigenvalue weighted by Gasteiger charge is -2.07. The summed E-state index contributed by atoms with van der Waals surface area (Å²) in [5.41, 5.74) is 8.79. The predicted molar refractivity (Wildman–Crippen MR) is 77.3 cm³/mol. The number of nitrogens with two attached hydrogens (primary N) is 1. The highest BCUT2D eigenvalue weighted by Crippen LogP contribution is 2.39. The largest absolute Gasteiger partial charge is 0.350 e. The van der Waals surface area contributed by atoms with E-state index in [1.54, 1.807) is 0 Å². The normalized spacial score (nSPS) is 16.8. The Balaban J connectivity index is 1.71. The fourth-order valence-corrected chi connectivity index (χ4v) is 2.55. The van der Waals surface area contributed by atoms with Crippen molar-refractivity contribution in [1.29, 1.82) is 0 Å². The van der Waals surface area contributed by atoms with Gasteiger partial charge in [0.05, 0.1) is 0 Å². The lowest BCUT2D eigenvalue weighted by Crippen LogP contribution is -2.11. The van der Waals surface area contributed by atoms with E-state index >= 15 is 0 Å². The van der Waals surface area contributed by atoms with E-state index in [1.165, 1.54) is 24.0 Å². The van der Waals surface area contributed by atoms with Gasteiger partial charge >= 0.3 is 0 Å². The second-order valence-electron chi connectivity index (χ2n) is 5.11. The van der Waals surface area contributed by atoms with Crippen LogP contribution in [0.4, 0.5) is 0 Å². The molecule has 2 N–H and O–H groups in total. The molecule has 0 aliphatic heterocycles. The van der Waals surface area contributed by atoms with Crippen molar-refractivity contribution in [2.75, 3.05) is 0 Å². The van der Waals surface area contributed by atoms with Crippen LogP contribution in [0.25, 0.3) is 0 Å². The summed E-state index contributed by atoms with van der Waals surface area (Å²) in [6.45, 7) is 0.907. The van der Waals surface area contributed by atoms with Crippen molar-refractivity contribution in [3.63, 3.8) is 0 Å². The lowest BCUT2D eigenvalue weighted by atomic mass is 10.1. The monoisotopic (exact) mass is 304 g/mol. The van der Waals surface area contributed by atoms with E-state index in [0.717, 1.165) is 11.0 Å². The number of halogens is 1. The Morgan fingerprint density at radius 2 is 1.94 bits per heavy atom. The van der Waals surface area contributed by atoms with Gasteiger partial charge in [0, 0.05) is 29.5 Å². The van der Waals surface area contributed by atoms with Gasteiger partial charge in [0.2, 0.25) is 0 Å². The van der Waals surface area contributed by atoms with Crippen LogP contribution >= 0.6 is 15.9 Å². The van der Waals surface area contributed by atoms with E-state index in [1.807, 2.05) is 0 Å². The molecule has 1 heterocycles. The van der Waals surface area contributed by atoms with Crippen LogP contribution in [0.15, 0.2) is 47.2 Å². The zero-order valence-electron chi connectivity index (χ0n) is 10.2. The maximum absolute atomic E-state index is 6.21. The molecule has 1 aromatic heterocycles. The van der Waals surface area contributed by atoms with Gasteiger partial charge < -0.3 is 10.3 Å². The van der Waals surface area contributed by atoms with E-state index in [9.17, 15) is 0 Å². The molecular weight excluding hydrogens is 288 g/mol. The summed E-state index contributed by atoms with van der Waals surface area (Å²) in [5, 5.41) is 0. The SMILES string of the molecule is NC(c1ccn(Cc2ccc(Br)cc2)c1)C1CC1. The molecule has 0 saturated heterocycles. The maximum Gasteiger partial charge on any atom is 0.0470 e. The molecule has 1 saturated carbocycles. The summed E-state index contributed by atoms with van der Waals surface area (Å²) in [6, 6.07) is 10.8. The third-order valence-corrected chi connectivity index (χ3v) is 4.10. The summed E-state index contributed by atoms with van der Waals surface area (Å²) in [6.07, 6.45) is 6.89. The summed E-state index contributed by atoms with van der Waals surface area (Å²) >= 11 is 3.45. The number of rotatable bonds is 4. The smallest absolute Gasteiger partial charge is 0.0470 e. The van der Waals surface area contributed by atoms with Crippen LogP contribution in [0.1, 0.15) is 30.0 Å². The van der Waals surface area contributed by atoms with E-state index in [4.69, 9.17) is 5.73 Å². The van der Waals surface area contributed by atoms with Gasteiger partial charge in [-0.15, -0.1) is 0 Å². The summed E-state index contributed by atoms with van der Waals surface area (Å²) in [7, 11) is 0. The van der Waals surface area contributed by atoms with Gasteiger partial charge in [-0.25, -0.2) is 0 Å². The molecule has 0 spiro atoms. The summed E-state index contributed by atoms with van der Waals surface area (Å²) < 4.78 is 3.33. The second-order valence-corrected chi connectivity index (χ2v) is 6.02. The van der Waals surface area contributed by atoms with Crippen LogP contribution in [-0.4, -0.2) is 4.57 Å². The van der Waals surface area contributed by atoms with Crippen LogP contribution in [0.2, 0.25) is 0 Å². The van der Waals surface area contributed by atoms with E-state index in [0.29, 0.717) is 5.92 Å². The molecule has 0 bridgehead atoms. The molecule has 2 aromatic rings. The van der Waals surface area contributed by atoms with Crippen molar-refractivity contribution in [2.45, 2.75) is 25.4 Å². The minimum Gasteiger partial charge on any atom is -0.350 e. The minimum atomic E-state index is 0.233. The third kappa shape index (κ3) is 2.68. The summed E-state index contributed by atoms with van der Waals surface area (Å²) in [5.74, 6) is 0.716. The highest BCUT2D eigenvalue weighted by Gasteiger charge is 2.29. The molecule has 1 aliphatic rings. The molecule has 2 nitrogen and oxygen atoms in total. The molecule has 3 heteroatoms. The van der Waals surface area contributed by atoms with Crippen LogP contribution in [-0.2, 0) is 6.54 Å². The maximum atomic E-state index is 6.21. The highest BCUT2D eigenvalue weighted by molar-refractivity contribution is 9.10. The molecule has 1 fully saturated rings. The lowest BCUT2D eigenvalue weighted by molar-refractivity contribution is 0.631. The molecule has 1 aromatic carbocycles. The van der Waals surface area contributed by atoms with E-state index in [-0.39, 0.29) is 6.04 Å². The first kappa shape index (κ1) is 12.0. The Morgan fingerprint density at radius 1 is 1.22 bits per heavy atom. The Hall–Kier alpha value is -1.06. The molecule has 0 amide bonds. The van der Waals surface area contributed by atoms with Crippen LogP contribution in [0.5, 0.6) is 0 Å². The topological polar surface area (TPSA) is 30.9 Å². The first-order chi connectivity index (χ1) is 8.72. The Kier molecular flexibility index (Phi) is 3.27. The Morgan fingerprint density at radius 3 is 2.61 bits per heavy atom. The minimum absolute atomic E-state index is 0.233. The first-order valence-electron chi connectivity index (χ1n) is 6.38. The molecule has 1 aliphatic carbocycles. The van der Waals surface area contributed by atoms with Crippen LogP contribution < -0.4 is 5.73 Å². The average molecular weight is 305 g/mol. The quantitative estimate of drug-likeness (QED) is 0.917. The van der Waals surface area contributed by atoms with E-state index < -0.39 is 0 Å². The van der Waals surface area contributed by atoms with Crippen LogP contribution in [0, 0.1) is 5.92 Å². The molecule has 1 atom stereocenters. The molecule has 3 rings (SSSR count). The van der Waals surface area contributed by atoms with Gasteiger partial charge in [-0.3, -0.25) is 0 Å². The van der Waals surface area contributed by atoms with Crippen molar-refractivity contribution >= 4 is 15.9 Å². The van der Waals surface area contributed by atoms with Crippen molar-refractivity contribution in [2.24, 2.45) is 11.7 Å².